The second-order valence-corrected chi connectivity index (χ2v) is 5.85. The summed E-state index contributed by atoms with van der Waals surface area (Å²) in [5.41, 5.74) is 2.03. The largest absolute Gasteiger partial charge is 0.349 e. The van der Waals surface area contributed by atoms with Gasteiger partial charge in [-0.1, -0.05) is 34.7 Å². The standard InChI is InChI=1S/C12H14INO/c1-8(13)9-2-4-10(5-3-9)12(15)14-11-6-7-11/h2-5,8,11H,6-7H2,1H3,(H,14,15). The summed E-state index contributed by atoms with van der Waals surface area (Å²) < 4.78 is 0.489. The van der Waals surface area contributed by atoms with Crippen LogP contribution < -0.4 is 5.32 Å². The van der Waals surface area contributed by atoms with Crippen LogP contribution in [0.15, 0.2) is 24.3 Å². The first-order valence-electron chi connectivity index (χ1n) is 5.21. The van der Waals surface area contributed by atoms with Gasteiger partial charge in [0, 0.05) is 15.5 Å². The van der Waals surface area contributed by atoms with Gasteiger partial charge in [0.2, 0.25) is 0 Å². The van der Waals surface area contributed by atoms with Crippen LogP contribution in [0, 0.1) is 0 Å². The monoisotopic (exact) mass is 315 g/mol. The molecule has 0 bridgehead atoms. The zero-order valence-corrected chi connectivity index (χ0v) is 10.8. The van der Waals surface area contributed by atoms with E-state index in [0.717, 1.165) is 18.4 Å². The molecule has 0 aromatic heterocycles. The van der Waals surface area contributed by atoms with E-state index in [0.29, 0.717) is 9.97 Å². The zero-order chi connectivity index (χ0) is 10.8. The lowest BCUT2D eigenvalue weighted by molar-refractivity contribution is 0.0951. The van der Waals surface area contributed by atoms with E-state index in [9.17, 15) is 4.79 Å². The van der Waals surface area contributed by atoms with E-state index in [1.54, 1.807) is 0 Å². The number of benzene rings is 1. The Hall–Kier alpha value is -0.580. The Morgan fingerprint density at radius 1 is 1.40 bits per heavy atom. The van der Waals surface area contributed by atoms with Crippen LogP contribution in [-0.4, -0.2) is 11.9 Å². The van der Waals surface area contributed by atoms with Crippen molar-refractivity contribution in [1.29, 1.82) is 0 Å². The third kappa shape index (κ3) is 2.93. The van der Waals surface area contributed by atoms with Crippen molar-refractivity contribution in [3.8, 4) is 0 Å². The Balaban J connectivity index is 2.04. The van der Waals surface area contributed by atoms with Crippen LogP contribution in [0.3, 0.4) is 0 Å². The molecule has 1 aliphatic carbocycles. The van der Waals surface area contributed by atoms with Gasteiger partial charge in [-0.15, -0.1) is 0 Å². The van der Waals surface area contributed by atoms with Crippen LogP contribution >= 0.6 is 22.6 Å². The van der Waals surface area contributed by atoms with Crippen molar-refractivity contribution >= 4 is 28.5 Å². The third-order valence-corrected chi connectivity index (χ3v) is 3.26. The fourth-order valence-corrected chi connectivity index (χ4v) is 1.81. The van der Waals surface area contributed by atoms with E-state index in [4.69, 9.17) is 0 Å². The highest BCUT2D eigenvalue weighted by Gasteiger charge is 2.23. The first-order chi connectivity index (χ1) is 7.16. The highest BCUT2D eigenvalue weighted by atomic mass is 127. The fraction of sp³-hybridized carbons (Fsp3) is 0.417. The molecular weight excluding hydrogens is 301 g/mol. The number of amides is 1. The van der Waals surface area contributed by atoms with Crippen molar-refractivity contribution in [3.05, 3.63) is 35.4 Å². The Kier molecular flexibility index (Phi) is 3.29. The molecule has 2 nitrogen and oxygen atoms in total. The summed E-state index contributed by atoms with van der Waals surface area (Å²) in [6.07, 6.45) is 2.27. The maximum Gasteiger partial charge on any atom is 0.251 e. The molecule has 1 fully saturated rings. The summed E-state index contributed by atoms with van der Waals surface area (Å²) in [5, 5.41) is 2.98. The van der Waals surface area contributed by atoms with Gasteiger partial charge in [-0.2, -0.15) is 0 Å². The van der Waals surface area contributed by atoms with Crippen molar-refractivity contribution in [2.75, 3.05) is 0 Å². The molecule has 0 radical (unpaired) electrons. The second kappa shape index (κ2) is 4.51. The molecule has 1 aromatic carbocycles. The summed E-state index contributed by atoms with van der Waals surface area (Å²) in [5.74, 6) is 0.0603. The molecule has 1 atom stereocenters. The highest BCUT2D eigenvalue weighted by molar-refractivity contribution is 14.1. The van der Waals surface area contributed by atoms with E-state index in [1.165, 1.54) is 5.56 Å². The molecule has 1 aliphatic rings. The molecule has 1 aromatic rings. The average molecular weight is 315 g/mol. The molecule has 0 aliphatic heterocycles. The smallest absolute Gasteiger partial charge is 0.251 e. The summed E-state index contributed by atoms with van der Waals surface area (Å²) in [6, 6.07) is 8.29. The van der Waals surface area contributed by atoms with E-state index < -0.39 is 0 Å². The van der Waals surface area contributed by atoms with Crippen molar-refractivity contribution in [2.45, 2.75) is 29.7 Å². The van der Waals surface area contributed by atoms with E-state index in [-0.39, 0.29) is 5.91 Å². The van der Waals surface area contributed by atoms with Crippen LogP contribution in [0.4, 0.5) is 0 Å². The van der Waals surface area contributed by atoms with Gasteiger partial charge in [0.25, 0.3) is 5.91 Å². The van der Waals surface area contributed by atoms with Crippen LogP contribution in [0.1, 0.15) is 39.6 Å². The minimum atomic E-state index is 0.0603. The molecule has 1 amide bonds. The van der Waals surface area contributed by atoms with Crippen molar-refractivity contribution in [3.63, 3.8) is 0 Å². The zero-order valence-electron chi connectivity index (χ0n) is 8.66. The number of halogens is 1. The first-order valence-corrected chi connectivity index (χ1v) is 6.46. The lowest BCUT2D eigenvalue weighted by Crippen LogP contribution is -2.25. The summed E-state index contributed by atoms with van der Waals surface area (Å²) in [6.45, 7) is 2.14. The predicted octanol–water partition coefficient (Wildman–Crippen LogP) is 3.07. The highest BCUT2D eigenvalue weighted by Crippen LogP contribution is 2.23. The minimum Gasteiger partial charge on any atom is -0.349 e. The Morgan fingerprint density at radius 2 is 2.00 bits per heavy atom. The van der Waals surface area contributed by atoms with Crippen LogP contribution in [-0.2, 0) is 0 Å². The summed E-state index contributed by atoms with van der Waals surface area (Å²) in [7, 11) is 0. The Morgan fingerprint density at radius 3 is 2.47 bits per heavy atom. The number of rotatable bonds is 3. The molecule has 80 valence electrons. The van der Waals surface area contributed by atoms with Gasteiger partial charge >= 0.3 is 0 Å². The number of carbonyl (C=O) groups excluding carboxylic acids is 1. The van der Waals surface area contributed by atoms with Crippen LogP contribution in [0.2, 0.25) is 0 Å². The number of hydrogen-bond acceptors (Lipinski definition) is 1. The lowest BCUT2D eigenvalue weighted by Gasteiger charge is -2.06. The van der Waals surface area contributed by atoms with Crippen molar-refractivity contribution in [1.82, 2.24) is 5.32 Å². The van der Waals surface area contributed by atoms with Gasteiger partial charge < -0.3 is 5.32 Å². The number of alkyl halides is 1. The lowest BCUT2D eigenvalue weighted by atomic mass is 10.1. The van der Waals surface area contributed by atoms with Gasteiger partial charge in [-0.05, 0) is 37.5 Å². The summed E-state index contributed by atoms with van der Waals surface area (Å²) in [4.78, 5) is 11.7. The van der Waals surface area contributed by atoms with Crippen molar-refractivity contribution < 1.29 is 4.79 Å². The topological polar surface area (TPSA) is 29.1 Å². The van der Waals surface area contributed by atoms with Gasteiger partial charge in [0.15, 0.2) is 0 Å². The molecule has 0 heterocycles. The molecule has 1 N–H and O–H groups in total. The minimum absolute atomic E-state index is 0.0603. The molecule has 1 saturated carbocycles. The SMILES string of the molecule is CC(I)c1ccc(C(=O)NC2CC2)cc1. The van der Waals surface area contributed by atoms with Crippen LogP contribution in [0.25, 0.3) is 0 Å². The molecule has 3 heteroatoms. The normalized spacial score (nSPS) is 17.2. The summed E-state index contributed by atoms with van der Waals surface area (Å²) >= 11 is 2.37. The molecule has 15 heavy (non-hydrogen) atoms. The molecule has 0 saturated heterocycles. The van der Waals surface area contributed by atoms with Gasteiger partial charge in [0.1, 0.15) is 0 Å². The molecule has 1 unspecified atom stereocenters. The maximum atomic E-state index is 11.7. The first kappa shape index (κ1) is 10.9. The van der Waals surface area contributed by atoms with Crippen LogP contribution in [0.5, 0.6) is 0 Å². The van der Waals surface area contributed by atoms with E-state index in [2.05, 4.69) is 34.8 Å². The van der Waals surface area contributed by atoms with Crippen molar-refractivity contribution in [2.24, 2.45) is 0 Å². The average Bonchev–Trinajstić information content (AvgIpc) is 3.02. The maximum absolute atomic E-state index is 11.7. The number of carbonyl (C=O) groups is 1. The second-order valence-electron chi connectivity index (χ2n) is 3.99. The Labute approximate surface area is 104 Å². The van der Waals surface area contributed by atoms with Gasteiger partial charge in [0.05, 0.1) is 0 Å². The predicted molar refractivity (Wildman–Crippen MR) is 69.4 cm³/mol. The molecule has 2 rings (SSSR count). The third-order valence-electron chi connectivity index (χ3n) is 2.54. The Bertz CT molecular complexity index is 354. The molecule has 0 spiro atoms. The van der Waals surface area contributed by atoms with E-state index >= 15 is 0 Å². The molecular formula is C12H14INO. The van der Waals surface area contributed by atoms with Gasteiger partial charge in [-0.3, -0.25) is 4.79 Å². The van der Waals surface area contributed by atoms with E-state index in [1.807, 2.05) is 24.3 Å². The number of hydrogen-bond donors (Lipinski definition) is 1. The van der Waals surface area contributed by atoms with Gasteiger partial charge in [-0.25, -0.2) is 0 Å². The number of nitrogens with one attached hydrogen (secondary N) is 1. The fourth-order valence-electron chi connectivity index (χ4n) is 1.40. The quantitative estimate of drug-likeness (QED) is 0.674.